The molecule has 0 spiro atoms. The fraction of sp³-hybridized carbons (Fsp3) is 0.857. The van der Waals surface area contributed by atoms with Crippen LogP contribution < -0.4 is 10.6 Å². The second-order valence-corrected chi connectivity index (χ2v) is 3.02. The van der Waals surface area contributed by atoms with Crippen molar-refractivity contribution < 1.29 is 9.90 Å². The molecule has 0 bridgehead atoms. The van der Waals surface area contributed by atoms with Gasteiger partial charge in [0.15, 0.2) is 0 Å². The largest absolute Gasteiger partial charge is 0.481 e. The van der Waals surface area contributed by atoms with Crippen LogP contribution in [0.3, 0.4) is 0 Å². The Hall–Kier alpha value is -0.610. The van der Waals surface area contributed by atoms with E-state index in [0.717, 1.165) is 13.1 Å². The number of carboxylic acid groups (broad SMARTS) is 1. The van der Waals surface area contributed by atoms with E-state index in [1.165, 1.54) is 0 Å². The maximum atomic E-state index is 10.3. The molecule has 1 aliphatic heterocycles. The monoisotopic (exact) mass is 158 g/mol. The first-order valence-corrected chi connectivity index (χ1v) is 3.87. The zero-order valence-electron chi connectivity index (χ0n) is 6.63. The lowest BCUT2D eigenvalue weighted by atomic mass is 10.1. The molecule has 4 nitrogen and oxygen atoms in total. The fourth-order valence-corrected chi connectivity index (χ4v) is 1.34. The standard InChI is InChI=1S/C7H14N2O2/c1-5-3-8-4-6(9-5)2-7(10)11/h5-6,8-9H,2-4H2,1H3,(H,10,11)/t5-,6+/m1/s1. The average molecular weight is 158 g/mol. The van der Waals surface area contributed by atoms with Crippen molar-refractivity contribution in [2.24, 2.45) is 0 Å². The minimum atomic E-state index is -0.738. The van der Waals surface area contributed by atoms with E-state index in [0.29, 0.717) is 6.04 Å². The first-order valence-electron chi connectivity index (χ1n) is 3.87. The molecule has 1 heterocycles. The molecule has 1 aliphatic rings. The van der Waals surface area contributed by atoms with Crippen LogP contribution in [-0.4, -0.2) is 36.2 Å². The van der Waals surface area contributed by atoms with Crippen molar-refractivity contribution in [2.45, 2.75) is 25.4 Å². The van der Waals surface area contributed by atoms with E-state index in [9.17, 15) is 4.79 Å². The van der Waals surface area contributed by atoms with Gasteiger partial charge in [-0.25, -0.2) is 0 Å². The zero-order chi connectivity index (χ0) is 8.27. The van der Waals surface area contributed by atoms with Gasteiger partial charge in [0.25, 0.3) is 0 Å². The number of rotatable bonds is 2. The lowest BCUT2D eigenvalue weighted by Gasteiger charge is -2.28. The summed E-state index contributed by atoms with van der Waals surface area (Å²) in [4.78, 5) is 10.3. The Bertz CT molecular complexity index is 149. The highest BCUT2D eigenvalue weighted by Crippen LogP contribution is 1.97. The molecular weight excluding hydrogens is 144 g/mol. The van der Waals surface area contributed by atoms with Crippen molar-refractivity contribution in [3.05, 3.63) is 0 Å². The predicted octanol–water partition coefficient (Wildman–Crippen LogP) is -0.589. The number of hydrogen-bond donors (Lipinski definition) is 3. The third-order valence-electron chi connectivity index (χ3n) is 1.78. The SMILES string of the molecule is C[C@@H]1CNC[C@H](CC(=O)O)N1. The highest BCUT2D eigenvalue weighted by Gasteiger charge is 2.18. The molecule has 0 aromatic carbocycles. The second kappa shape index (κ2) is 3.69. The van der Waals surface area contributed by atoms with Gasteiger partial charge in [0.05, 0.1) is 6.42 Å². The van der Waals surface area contributed by atoms with Gasteiger partial charge < -0.3 is 15.7 Å². The Morgan fingerprint density at radius 2 is 2.36 bits per heavy atom. The van der Waals surface area contributed by atoms with E-state index < -0.39 is 5.97 Å². The van der Waals surface area contributed by atoms with Crippen LogP contribution in [0, 0.1) is 0 Å². The molecule has 0 unspecified atom stereocenters. The van der Waals surface area contributed by atoms with Crippen LogP contribution >= 0.6 is 0 Å². The van der Waals surface area contributed by atoms with Crippen LogP contribution in [-0.2, 0) is 4.79 Å². The molecule has 0 saturated carbocycles. The molecule has 0 radical (unpaired) electrons. The van der Waals surface area contributed by atoms with E-state index in [4.69, 9.17) is 5.11 Å². The van der Waals surface area contributed by atoms with Gasteiger partial charge in [-0.05, 0) is 6.92 Å². The lowest BCUT2D eigenvalue weighted by molar-refractivity contribution is -0.137. The van der Waals surface area contributed by atoms with E-state index in [-0.39, 0.29) is 12.5 Å². The summed E-state index contributed by atoms with van der Waals surface area (Å²) in [5.74, 6) is -0.738. The summed E-state index contributed by atoms with van der Waals surface area (Å²) >= 11 is 0. The number of aliphatic carboxylic acids is 1. The summed E-state index contributed by atoms with van der Waals surface area (Å²) in [6, 6.07) is 0.476. The van der Waals surface area contributed by atoms with Crippen molar-refractivity contribution in [3.63, 3.8) is 0 Å². The molecule has 11 heavy (non-hydrogen) atoms. The average Bonchev–Trinajstić information content (AvgIpc) is 1.85. The Morgan fingerprint density at radius 1 is 1.64 bits per heavy atom. The molecule has 0 aromatic rings. The van der Waals surface area contributed by atoms with Gasteiger partial charge in [-0.15, -0.1) is 0 Å². The predicted molar refractivity (Wildman–Crippen MR) is 41.5 cm³/mol. The highest BCUT2D eigenvalue weighted by atomic mass is 16.4. The van der Waals surface area contributed by atoms with Gasteiger partial charge in [0.1, 0.15) is 0 Å². The Balaban J connectivity index is 2.28. The van der Waals surface area contributed by atoms with Crippen molar-refractivity contribution in [3.8, 4) is 0 Å². The van der Waals surface area contributed by atoms with Crippen LogP contribution in [0.15, 0.2) is 0 Å². The molecule has 1 fully saturated rings. The summed E-state index contributed by atoms with van der Waals surface area (Å²) in [5.41, 5.74) is 0. The summed E-state index contributed by atoms with van der Waals surface area (Å²) in [7, 11) is 0. The van der Waals surface area contributed by atoms with Crippen molar-refractivity contribution >= 4 is 5.97 Å². The van der Waals surface area contributed by atoms with Crippen molar-refractivity contribution in [1.82, 2.24) is 10.6 Å². The zero-order valence-corrected chi connectivity index (χ0v) is 6.63. The summed E-state index contributed by atoms with van der Waals surface area (Å²) in [6.45, 7) is 3.73. The lowest BCUT2D eigenvalue weighted by Crippen LogP contribution is -2.54. The molecule has 1 saturated heterocycles. The van der Waals surface area contributed by atoms with Gasteiger partial charge in [-0.3, -0.25) is 4.79 Å². The first-order chi connectivity index (χ1) is 5.18. The summed E-state index contributed by atoms with van der Waals surface area (Å²) in [6.07, 6.45) is 0.206. The maximum absolute atomic E-state index is 10.3. The number of carbonyl (C=O) groups is 1. The molecular formula is C7H14N2O2. The minimum Gasteiger partial charge on any atom is -0.481 e. The summed E-state index contributed by atoms with van der Waals surface area (Å²) in [5, 5.41) is 14.9. The Labute approximate surface area is 66.0 Å². The van der Waals surface area contributed by atoms with Crippen LogP contribution in [0.5, 0.6) is 0 Å². The Morgan fingerprint density at radius 3 is 2.91 bits per heavy atom. The van der Waals surface area contributed by atoms with Crippen LogP contribution in [0.1, 0.15) is 13.3 Å². The molecule has 2 atom stereocenters. The topological polar surface area (TPSA) is 61.4 Å². The van der Waals surface area contributed by atoms with E-state index in [1.807, 2.05) is 6.92 Å². The number of hydrogen-bond acceptors (Lipinski definition) is 3. The molecule has 0 aromatic heterocycles. The van der Waals surface area contributed by atoms with Crippen molar-refractivity contribution in [2.75, 3.05) is 13.1 Å². The van der Waals surface area contributed by atoms with Gasteiger partial charge in [0, 0.05) is 25.2 Å². The van der Waals surface area contributed by atoms with E-state index >= 15 is 0 Å². The molecule has 3 N–H and O–H groups in total. The quantitative estimate of drug-likeness (QED) is 0.503. The fourth-order valence-electron chi connectivity index (χ4n) is 1.34. The number of piperazine rings is 1. The third-order valence-corrected chi connectivity index (χ3v) is 1.78. The summed E-state index contributed by atoms with van der Waals surface area (Å²) < 4.78 is 0. The molecule has 0 aliphatic carbocycles. The highest BCUT2D eigenvalue weighted by molar-refractivity contribution is 5.67. The van der Waals surface area contributed by atoms with Crippen molar-refractivity contribution in [1.29, 1.82) is 0 Å². The van der Waals surface area contributed by atoms with Gasteiger partial charge in [-0.2, -0.15) is 0 Å². The van der Waals surface area contributed by atoms with Crippen LogP contribution in [0.25, 0.3) is 0 Å². The minimum absolute atomic E-state index is 0.0937. The molecule has 4 heteroatoms. The molecule has 1 rings (SSSR count). The van der Waals surface area contributed by atoms with Gasteiger partial charge in [0.2, 0.25) is 0 Å². The Kier molecular flexibility index (Phi) is 2.84. The van der Waals surface area contributed by atoms with Gasteiger partial charge in [-0.1, -0.05) is 0 Å². The van der Waals surface area contributed by atoms with E-state index in [2.05, 4.69) is 10.6 Å². The molecule has 0 amide bonds. The van der Waals surface area contributed by atoms with Gasteiger partial charge >= 0.3 is 5.97 Å². The smallest absolute Gasteiger partial charge is 0.304 e. The molecule has 64 valence electrons. The second-order valence-electron chi connectivity index (χ2n) is 3.02. The van der Waals surface area contributed by atoms with Crippen LogP contribution in [0.2, 0.25) is 0 Å². The number of carboxylic acids is 1. The normalized spacial score (nSPS) is 31.7. The maximum Gasteiger partial charge on any atom is 0.304 e. The first kappa shape index (κ1) is 8.49. The van der Waals surface area contributed by atoms with Crippen LogP contribution in [0.4, 0.5) is 0 Å². The third kappa shape index (κ3) is 2.86. The van der Waals surface area contributed by atoms with E-state index in [1.54, 1.807) is 0 Å². The number of nitrogens with one attached hydrogen (secondary N) is 2.